The van der Waals surface area contributed by atoms with E-state index in [-0.39, 0.29) is 41.8 Å². The molecular weight excluding hydrogens is 468 g/mol. The van der Waals surface area contributed by atoms with Crippen LogP contribution in [0.3, 0.4) is 0 Å². The number of benzene rings is 2. The fraction of sp³-hybridized carbons (Fsp3) is 0.280. The highest BCUT2D eigenvalue weighted by Gasteiger charge is 2.27. The van der Waals surface area contributed by atoms with Gasteiger partial charge < -0.3 is 25.2 Å². The highest BCUT2D eigenvalue weighted by atomic mass is 16.5. The van der Waals surface area contributed by atoms with E-state index in [2.05, 4.69) is 4.98 Å². The fourth-order valence-electron chi connectivity index (χ4n) is 3.58. The minimum atomic E-state index is -0.958. The topological polar surface area (TPSA) is 157 Å². The lowest BCUT2D eigenvalue weighted by Crippen LogP contribution is -2.44. The molecular formula is C25H28N4O7. The maximum absolute atomic E-state index is 13.1. The molecule has 1 aromatic heterocycles. The Kier molecular flexibility index (Phi) is 8.15. The van der Waals surface area contributed by atoms with Gasteiger partial charge in [-0.05, 0) is 23.6 Å². The second kappa shape index (κ2) is 11.3. The number of H-pyrrole nitrogens is 1. The average Bonchev–Trinajstić information content (AvgIpc) is 2.84. The third kappa shape index (κ3) is 5.74. The van der Waals surface area contributed by atoms with Crippen LogP contribution in [0.4, 0.5) is 11.5 Å². The van der Waals surface area contributed by atoms with Crippen LogP contribution in [-0.4, -0.2) is 46.8 Å². The number of carbonyl (C=O) groups is 2. The van der Waals surface area contributed by atoms with Gasteiger partial charge in [-0.15, -0.1) is 0 Å². The van der Waals surface area contributed by atoms with Crippen molar-refractivity contribution < 1.29 is 24.2 Å². The molecule has 0 unspecified atom stereocenters. The van der Waals surface area contributed by atoms with Crippen molar-refractivity contribution in [1.82, 2.24) is 9.55 Å². The monoisotopic (exact) mass is 496 g/mol. The van der Waals surface area contributed by atoms with Crippen LogP contribution >= 0.6 is 0 Å². The minimum absolute atomic E-state index is 0.0668. The van der Waals surface area contributed by atoms with Gasteiger partial charge in [0.25, 0.3) is 11.5 Å². The van der Waals surface area contributed by atoms with Crippen LogP contribution in [0.25, 0.3) is 0 Å². The molecule has 2 aromatic carbocycles. The van der Waals surface area contributed by atoms with Crippen molar-refractivity contribution >= 4 is 23.4 Å². The van der Waals surface area contributed by atoms with Crippen molar-refractivity contribution in [3.63, 3.8) is 0 Å². The second-order valence-corrected chi connectivity index (χ2v) is 8.40. The van der Waals surface area contributed by atoms with Gasteiger partial charge in [-0.3, -0.25) is 19.1 Å². The molecule has 0 aliphatic carbocycles. The summed E-state index contributed by atoms with van der Waals surface area (Å²) in [5.41, 5.74) is 5.04. The van der Waals surface area contributed by atoms with Gasteiger partial charge in [0.15, 0.2) is 23.8 Å². The maximum atomic E-state index is 13.1. The number of amides is 1. The van der Waals surface area contributed by atoms with Crippen LogP contribution in [0.2, 0.25) is 0 Å². The summed E-state index contributed by atoms with van der Waals surface area (Å²) in [6.07, 6.45) is 0. The van der Waals surface area contributed by atoms with E-state index in [1.165, 1.54) is 25.3 Å². The Balaban J connectivity index is 1.91. The second-order valence-electron chi connectivity index (χ2n) is 8.40. The first-order valence-electron chi connectivity index (χ1n) is 11.1. The number of aromatic amines is 1. The molecule has 11 nitrogen and oxygen atoms in total. The number of nitrogens with one attached hydrogen (secondary N) is 1. The molecule has 3 rings (SSSR count). The first kappa shape index (κ1) is 26.1. The number of aromatic hydroxyl groups is 1. The van der Waals surface area contributed by atoms with E-state index < -0.39 is 35.5 Å². The molecule has 1 amide bonds. The maximum Gasteiger partial charge on any atom is 0.342 e. The number of hydrogen-bond donors (Lipinski definition) is 3. The van der Waals surface area contributed by atoms with Gasteiger partial charge in [-0.1, -0.05) is 50.2 Å². The quantitative estimate of drug-likeness (QED) is 0.378. The Labute approximate surface area is 206 Å². The number of esters is 1. The Morgan fingerprint density at radius 3 is 2.44 bits per heavy atom. The molecule has 0 atom stereocenters. The number of phenolic OH excluding ortho intramolecular Hbond substituents is 1. The van der Waals surface area contributed by atoms with Crippen molar-refractivity contribution in [2.75, 3.05) is 30.9 Å². The van der Waals surface area contributed by atoms with E-state index in [1.54, 1.807) is 24.3 Å². The highest BCUT2D eigenvalue weighted by molar-refractivity contribution is 5.99. The summed E-state index contributed by atoms with van der Waals surface area (Å²) >= 11 is 0. The molecule has 190 valence electrons. The van der Waals surface area contributed by atoms with Crippen molar-refractivity contribution in [3.05, 3.63) is 80.5 Å². The first-order valence-corrected chi connectivity index (χ1v) is 11.1. The summed E-state index contributed by atoms with van der Waals surface area (Å²) in [6, 6.07) is 13.3. The van der Waals surface area contributed by atoms with Crippen molar-refractivity contribution in [2.45, 2.75) is 20.4 Å². The normalized spacial score (nSPS) is 10.8. The summed E-state index contributed by atoms with van der Waals surface area (Å²) in [4.78, 5) is 54.2. The number of phenols is 1. The van der Waals surface area contributed by atoms with Gasteiger partial charge >= 0.3 is 11.7 Å². The molecule has 0 aliphatic rings. The molecule has 1 heterocycles. The number of nitrogen functional groups attached to an aromatic ring is 1. The Morgan fingerprint density at radius 2 is 1.81 bits per heavy atom. The largest absolute Gasteiger partial charge is 0.504 e. The molecule has 0 fully saturated rings. The zero-order chi connectivity index (χ0) is 26.4. The first-order chi connectivity index (χ1) is 17.1. The third-order valence-electron chi connectivity index (χ3n) is 5.28. The van der Waals surface area contributed by atoms with Crippen molar-refractivity contribution in [2.24, 2.45) is 5.92 Å². The summed E-state index contributed by atoms with van der Waals surface area (Å²) in [5.74, 6) is -2.34. The van der Waals surface area contributed by atoms with E-state index in [0.717, 1.165) is 15.0 Å². The summed E-state index contributed by atoms with van der Waals surface area (Å²) in [5, 5.41) is 10.2. The number of nitrogens with zero attached hydrogens (tertiary/aromatic N) is 2. The number of ether oxygens (including phenoxy) is 2. The van der Waals surface area contributed by atoms with Gasteiger partial charge in [0.2, 0.25) is 0 Å². The number of aromatic nitrogens is 2. The number of nitrogens with two attached hydrogens (primary N) is 1. The van der Waals surface area contributed by atoms with Crippen LogP contribution in [0.15, 0.2) is 58.1 Å². The Morgan fingerprint density at radius 1 is 1.11 bits per heavy atom. The zero-order valence-electron chi connectivity index (χ0n) is 20.2. The smallest absolute Gasteiger partial charge is 0.342 e. The average molecular weight is 497 g/mol. The number of methoxy groups -OCH3 is 1. The van der Waals surface area contributed by atoms with Gasteiger partial charge in [0, 0.05) is 6.54 Å². The highest BCUT2D eigenvalue weighted by Crippen LogP contribution is 2.29. The lowest BCUT2D eigenvalue weighted by molar-refractivity contribution is -0.121. The zero-order valence-corrected chi connectivity index (χ0v) is 20.2. The predicted molar refractivity (Wildman–Crippen MR) is 133 cm³/mol. The standard InChI is InChI=1S/C25H28N4O7/c1-15(2)12-28(19(30)14-36-24(33)17-10-7-11-18(35-3)21(17)31)20-22(26)29(25(34)27-23(20)32)13-16-8-5-4-6-9-16/h4-11,15,31H,12-14,26H2,1-3H3,(H,27,32,34). The summed E-state index contributed by atoms with van der Waals surface area (Å²) in [6.45, 7) is 3.05. The number of carbonyl (C=O) groups excluding carboxylic acids is 2. The molecule has 0 saturated carbocycles. The predicted octanol–water partition coefficient (Wildman–Crippen LogP) is 1.73. The Hall–Kier alpha value is -4.54. The SMILES string of the molecule is COc1cccc(C(=O)OCC(=O)N(CC(C)C)c2c(N)n(Cc3ccccc3)c(=O)[nH]c2=O)c1O. The molecule has 0 radical (unpaired) electrons. The van der Waals surface area contributed by atoms with Gasteiger partial charge in [0.05, 0.1) is 13.7 Å². The minimum Gasteiger partial charge on any atom is -0.504 e. The molecule has 0 saturated heterocycles. The van der Waals surface area contributed by atoms with Crippen LogP contribution in [0.1, 0.15) is 29.8 Å². The van der Waals surface area contributed by atoms with Crippen LogP contribution in [0, 0.1) is 5.92 Å². The summed E-state index contributed by atoms with van der Waals surface area (Å²) in [7, 11) is 1.33. The van der Waals surface area contributed by atoms with E-state index in [9.17, 15) is 24.3 Å². The lowest BCUT2D eigenvalue weighted by Gasteiger charge is -2.26. The molecule has 0 bridgehead atoms. The summed E-state index contributed by atoms with van der Waals surface area (Å²) < 4.78 is 11.3. The molecule has 11 heteroatoms. The van der Waals surface area contributed by atoms with Gasteiger partial charge in [-0.25, -0.2) is 9.59 Å². The molecule has 4 N–H and O–H groups in total. The number of anilines is 2. The van der Waals surface area contributed by atoms with E-state index in [0.29, 0.717) is 0 Å². The Bertz CT molecular complexity index is 1360. The molecule has 3 aromatic rings. The van der Waals surface area contributed by atoms with Crippen molar-refractivity contribution in [1.29, 1.82) is 0 Å². The van der Waals surface area contributed by atoms with E-state index in [1.807, 2.05) is 19.9 Å². The van der Waals surface area contributed by atoms with Crippen LogP contribution in [0.5, 0.6) is 11.5 Å². The van der Waals surface area contributed by atoms with E-state index >= 15 is 0 Å². The number of para-hydroxylation sites is 1. The number of hydrogen-bond acceptors (Lipinski definition) is 8. The molecule has 0 aliphatic heterocycles. The number of rotatable bonds is 9. The van der Waals surface area contributed by atoms with E-state index in [4.69, 9.17) is 15.2 Å². The molecule has 36 heavy (non-hydrogen) atoms. The fourth-order valence-corrected chi connectivity index (χ4v) is 3.58. The van der Waals surface area contributed by atoms with Gasteiger partial charge in [-0.2, -0.15) is 0 Å². The van der Waals surface area contributed by atoms with Crippen LogP contribution in [-0.2, 0) is 16.1 Å². The van der Waals surface area contributed by atoms with Crippen LogP contribution < -0.4 is 26.6 Å². The van der Waals surface area contributed by atoms with Crippen molar-refractivity contribution in [3.8, 4) is 11.5 Å². The third-order valence-corrected chi connectivity index (χ3v) is 5.28. The lowest BCUT2D eigenvalue weighted by atomic mass is 10.2. The van der Waals surface area contributed by atoms with Gasteiger partial charge in [0.1, 0.15) is 11.4 Å². The molecule has 0 spiro atoms.